The average molecular weight is 176 g/mol. The Kier molecular flexibility index (Phi) is 3.20. The topological polar surface area (TPSA) is 42.0 Å². The van der Waals surface area contributed by atoms with Gasteiger partial charge in [0.15, 0.2) is 0 Å². The molecule has 0 aliphatic rings. The van der Waals surface area contributed by atoms with Crippen LogP contribution in [0.15, 0.2) is 37.2 Å². The van der Waals surface area contributed by atoms with Crippen molar-refractivity contribution in [3.05, 3.63) is 42.7 Å². The van der Waals surface area contributed by atoms with Crippen molar-refractivity contribution < 1.29 is 4.79 Å². The van der Waals surface area contributed by atoms with E-state index in [2.05, 4.69) is 16.9 Å². The van der Waals surface area contributed by atoms with Crippen molar-refractivity contribution in [1.82, 2.24) is 10.3 Å². The summed E-state index contributed by atoms with van der Waals surface area (Å²) in [6, 6.07) is 3.73. The second-order valence-corrected chi connectivity index (χ2v) is 2.71. The van der Waals surface area contributed by atoms with Crippen molar-refractivity contribution in [2.24, 2.45) is 0 Å². The van der Waals surface area contributed by atoms with Crippen molar-refractivity contribution in [2.75, 3.05) is 0 Å². The molecule has 1 rings (SSSR count). The summed E-state index contributed by atoms with van der Waals surface area (Å²) < 4.78 is 0. The number of carbonyl (C=O) groups is 1. The van der Waals surface area contributed by atoms with Crippen molar-refractivity contribution in [2.45, 2.75) is 13.0 Å². The van der Waals surface area contributed by atoms with Crippen LogP contribution in [-0.2, 0) is 4.79 Å². The van der Waals surface area contributed by atoms with Crippen LogP contribution in [0.2, 0.25) is 0 Å². The van der Waals surface area contributed by atoms with Crippen LogP contribution in [0.1, 0.15) is 18.5 Å². The van der Waals surface area contributed by atoms with Gasteiger partial charge in [-0.05, 0) is 30.7 Å². The van der Waals surface area contributed by atoms with Gasteiger partial charge in [-0.2, -0.15) is 0 Å². The molecular formula is C10H12N2O. The third kappa shape index (κ3) is 2.71. The first-order valence-corrected chi connectivity index (χ1v) is 4.07. The number of pyridine rings is 1. The highest BCUT2D eigenvalue weighted by molar-refractivity contribution is 5.87. The quantitative estimate of drug-likeness (QED) is 0.708. The molecule has 0 radical (unpaired) electrons. The highest BCUT2D eigenvalue weighted by atomic mass is 16.1. The number of hydrogen-bond acceptors (Lipinski definition) is 2. The van der Waals surface area contributed by atoms with Crippen molar-refractivity contribution in [1.29, 1.82) is 0 Å². The lowest BCUT2D eigenvalue weighted by Gasteiger charge is -2.11. The first-order valence-electron chi connectivity index (χ1n) is 4.07. The molecule has 1 heterocycles. The zero-order chi connectivity index (χ0) is 9.68. The second-order valence-electron chi connectivity index (χ2n) is 2.71. The molecule has 1 amide bonds. The fourth-order valence-electron chi connectivity index (χ4n) is 1.01. The standard InChI is InChI=1S/C10H12N2O/c1-3-10(13)12-8(2)9-4-6-11-7-5-9/h3-8H,1H2,2H3,(H,12,13)/t8-/m0/s1. The van der Waals surface area contributed by atoms with E-state index in [1.54, 1.807) is 12.4 Å². The molecule has 3 nitrogen and oxygen atoms in total. The van der Waals surface area contributed by atoms with Crippen molar-refractivity contribution in [3.8, 4) is 0 Å². The first-order chi connectivity index (χ1) is 6.24. The monoisotopic (exact) mass is 176 g/mol. The predicted molar refractivity (Wildman–Crippen MR) is 51.0 cm³/mol. The Balaban J connectivity index is 2.63. The summed E-state index contributed by atoms with van der Waals surface area (Å²) in [5, 5.41) is 2.76. The Bertz CT molecular complexity index is 295. The van der Waals surface area contributed by atoms with Crippen LogP contribution in [0.3, 0.4) is 0 Å². The van der Waals surface area contributed by atoms with E-state index >= 15 is 0 Å². The van der Waals surface area contributed by atoms with E-state index in [-0.39, 0.29) is 11.9 Å². The number of nitrogens with zero attached hydrogens (tertiary/aromatic N) is 1. The van der Waals surface area contributed by atoms with Crippen LogP contribution < -0.4 is 5.32 Å². The Morgan fingerprint density at radius 2 is 2.23 bits per heavy atom. The van der Waals surface area contributed by atoms with E-state index in [4.69, 9.17) is 0 Å². The van der Waals surface area contributed by atoms with Gasteiger partial charge in [0.1, 0.15) is 0 Å². The van der Waals surface area contributed by atoms with E-state index < -0.39 is 0 Å². The Labute approximate surface area is 77.5 Å². The van der Waals surface area contributed by atoms with Crippen LogP contribution in [0.25, 0.3) is 0 Å². The van der Waals surface area contributed by atoms with Gasteiger partial charge in [0.05, 0.1) is 6.04 Å². The molecule has 3 heteroatoms. The number of nitrogens with one attached hydrogen (secondary N) is 1. The Morgan fingerprint density at radius 3 is 2.77 bits per heavy atom. The van der Waals surface area contributed by atoms with Crippen molar-refractivity contribution in [3.63, 3.8) is 0 Å². The molecule has 0 spiro atoms. The second kappa shape index (κ2) is 4.40. The molecule has 0 bridgehead atoms. The van der Waals surface area contributed by atoms with Crippen LogP contribution >= 0.6 is 0 Å². The van der Waals surface area contributed by atoms with Gasteiger partial charge in [-0.1, -0.05) is 6.58 Å². The maximum atomic E-state index is 11.0. The number of rotatable bonds is 3. The van der Waals surface area contributed by atoms with Gasteiger partial charge in [-0.3, -0.25) is 9.78 Å². The van der Waals surface area contributed by atoms with Gasteiger partial charge in [-0.15, -0.1) is 0 Å². The first kappa shape index (κ1) is 9.45. The lowest BCUT2D eigenvalue weighted by atomic mass is 10.1. The van der Waals surface area contributed by atoms with Gasteiger partial charge < -0.3 is 5.32 Å². The fourth-order valence-corrected chi connectivity index (χ4v) is 1.01. The predicted octanol–water partition coefficient (Wildman–Crippen LogP) is 1.44. The molecule has 1 aromatic heterocycles. The van der Waals surface area contributed by atoms with E-state index in [9.17, 15) is 4.79 Å². The van der Waals surface area contributed by atoms with E-state index in [0.29, 0.717) is 0 Å². The molecular weight excluding hydrogens is 164 g/mol. The normalized spacial score (nSPS) is 11.8. The third-order valence-corrected chi connectivity index (χ3v) is 1.75. The maximum absolute atomic E-state index is 11.0. The summed E-state index contributed by atoms with van der Waals surface area (Å²) in [6.07, 6.45) is 4.66. The minimum absolute atomic E-state index is 0.00602. The molecule has 0 fully saturated rings. The van der Waals surface area contributed by atoms with Crippen molar-refractivity contribution >= 4 is 5.91 Å². The molecule has 0 saturated heterocycles. The summed E-state index contributed by atoms with van der Waals surface area (Å²) in [6.45, 7) is 5.30. The van der Waals surface area contributed by atoms with Crippen LogP contribution in [-0.4, -0.2) is 10.9 Å². The summed E-state index contributed by atoms with van der Waals surface area (Å²) in [4.78, 5) is 14.8. The minimum atomic E-state index is -0.163. The molecule has 0 saturated carbocycles. The molecule has 68 valence electrons. The van der Waals surface area contributed by atoms with Crippen LogP contribution in [0.4, 0.5) is 0 Å². The van der Waals surface area contributed by atoms with E-state index in [1.165, 1.54) is 6.08 Å². The van der Waals surface area contributed by atoms with Crippen LogP contribution in [0.5, 0.6) is 0 Å². The molecule has 0 aromatic carbocycles. The number of carbonyl (C=O) groups excluding carboxylic acids is 1. The largest absolute Gasteiger partial charge is 0.346 e. The minimum Gasteiger partial charge on any atom is -0.346 e. The number of hydrogen-bond donors (Lipinski definition) is 1. The smallest absolute Gasteiger partial charge is 0.243 e. The molecule has 1 atom stereocenters. The zero-order valence-electron chi connectivity index (χ0n) is 7.53. The van der Waals surface area contributed by atoms with Gasteiger partial charge in [0.2, 0.25) is 5.91 Å². The molecule has 0 aliphatic heterocycles. The van der Waals surface area contributed by atoms with Gasteiger partial charge in [0.25, 0.3) is 0 Å². The van der Waals surface area contributed by atoms with E-state index in [0.717, 1.165) is 5.56 Å². The Hall–Kier alpha value is -1.64. The van der Waals surface area contributed by atoms with Gasteiger partial charge in [-0.25, -0.2) is 0 Å². The SMILES string of the molecule is C=CC(=O)N[C@@H](C)c1ccncc1. The summed E-state index contributed by atoms with van der Waals surface area (Å²) >= 11 is 0. The summed E-state index contributed by atoms with van der Waals surface area (Å²) in [5.41, 5.74) is 1.03. The highest BCUT2D eigenvalue weighted by Crippen LogP contribution is 2.09. The summed E-state index contributed by atoms with van der Waals surface area (Å²) in [5.74, 6) is -0.163. The molecule has 0 unspecified atom stereocenters. The third-order valence-electron chi connectivity index (χ3n) is 1.75. The van der Waals surface area contributed by atoms with Crippen LogP contribution in [0, 0.1) is 0 Å². The van der Waals surface area contributed by atoms with Gasteiger partial charge >= 0.3 is 0 Å². The van der Waals surface area contributed by atoms with Gasteiger partial charge in [0, 0.05) is 12.4 Å². The maximum Gasteiger partial charge on any atom is 0.243 e. The number of aromatic nitrogens is 1. The zero-order valence-corrected chi connectivity index (χ0v) is 7.53. The lowest BCUT2D eigenvalue weighted by molar-refractivity contribution is -0.117. The molecule has 13 heavy (non-hydrogen) atoms. The number of amides is 1. The molecule has 1 N–H and O–H groups in total. The molecule has 0 aliphatic carbocycles. The fraction of sp³-hybridized carbons (Fsp3) is 0.200. The van der Waals surface area contributed by atoms with E-state index in [1.807, 2.05) is 19.1 Å². The average Bonchev–Trinajstić information content (AvgIpc) is 2.19. The molecule has 1 aromatic rings. The Morgan fingerprint density at radius 1 is 1.62 bits per heavy atom. The summed E-state index contributed by atoms with van der Waals surface area (Å²) in [7, 11) is 0. The highest BCUT2D eigenvalue weighted by Gasteiger charge is 2.05. The lowest BCUT2D eigenvalue weighted by Crippen LogP contribution is -2.24.